The van der Waals surface area contributed by atoms with Crippen molar-refractivity contribution in [2.45, 2.75) is 19.9 Å². The van der Waals surface area contributed by atoms with E-state index in [-0.39, 0.29) is 0 Å². The molecule has 0 fully saturated rings. The normalized spacial score (nSPS) is 11.4. The fraction of sp³-hybridized carbons (Fsp3) is 0.174. The second kappa shape index (κ2) is 7.96. The van der Waals surface area contributed by atoms with E-state index in [9.17, 15) is 0 Å². The Labute approximate surface area is 158 Å². The topological polar surface area (TPSA) is 40.2 Å². The predicted molar refractivity (Wildman–Crippen MR) is 109 cm³/mol. The van der Waals surface area contributed by atoms with Crippen LogP contribution in [-0.2, 0) is 6.54 Å². The number of furan rings is 1. The van der Waals surface area contributed by atoms with Gasteiger partial charge in [-0.1, -0.05) is 30.3 Å². The minimum Gasteiger partial charge on any atom is -0.493 e. The van der Waals surface area contributed by atoms with Crippen LogP contribution in [0.2, 0.25) is 0 Å². The van der Waals surface area contributed by atoms with Crippen LogP contribution in [0.3, 0.4) is 0 Å². The number of aromatic nitrogens is 2. The Balaban J connectivity index is 1.49. The van der Waals surface area contributed by atoms with E-state index in [0.717, 1.165) is 46.9 Å². The zero-order valence-electron chi connectivity index (χ0n) is 15.3. The van der Waals surface area contributed by atoms with Crippen LogP contribution in [-0.4, -0.2) is 16.2 Å². The van der Waals surface area contributed by atoms with Crippen molar-refractivity contribution in [1.82, 2.24) is 9.55 Å². The number of rotatable bonds is 7. The van der Waals surface area contributed by atoms with Crippen LogP contribution in [0, 0.1) is 6.92 Å². The molecule has 2 aromatic carbocycles. The van der Waals surface area contributed by atoms with Gasteiger partial charge in [-0.3, -0.25) is 0 Å². The molecule has 0 radical (unpaired) electrons. The van der Waals surface area contributed by atoms with Crippen molar-refractivity contribution in [3.8, 4) is 5.75 Å². The third kappa shape index (κ3) is 3.95. The van der Waals surface area contributed by atoms with Gasteiger partial charge in [0.15, 0.2) is 0 Å². The maximum atomic E-state index is 5.94. The van der Waals surface area contributed by atoms with E-state index in [0.29, 0.717) is 6.61 Å². The third-order valence-corrected chi connectivity index (χ3v) is 4.50. The van der Waals surface area contributed by atoms with Crippen LogP contribution in [0.5, 0.6) is 5.75 Å². The lowest BCUT2D eigenvalue weighted by atomic mass is 10.2. The van der Waals surface area contributed by atoms with Crippen molar-refractivity contribution in [1.29, 1.82) is 0 Å². The molecule has 2 aromatic heterocycles. The van der Waals surface area contributed by atoms with Crippen LogP contribution in [0.4, 0.5) is 0 Å². The maximum absolute atomic E-state index is 5.94. The first-order valence-electron chi connectivity index (χ1n) is 9.16. The standard InChI is InChI=1S/C23H22N2O2/c1-18-8-2-5-12-22(18)27-17-7-15-25-21-11-4-3-10-20(21)24-23(25)14-13-19-9-6-16-26-19/h2-6,8-14,16H,7,15,17H2,1H3/b14-13+. The summed E-state index contributed by atoms with van der Waals surface area (Å²) < 4.78 is 13.6. The summed E-state index contributed by atoms with van der Waals surface area (Å²) in [4.78, 5) is 4.76. The molecular weight excluding hydrogens is 336 g/mol. The van der Waals surface area contributed by atoms with E-state index in [1.165, 1.54) is 0 Å². The van der Waals surface area contributed by atoms with Crippen LogP contribution < -0.4 is 4.74 Å². The van der Waals surface area contributed by atoms with Gasteiger partial charge in [-0.2, -0.15) is 0 Å². The van der Waals surface area contributed by atoms with Gasteiger partial charge in [0.1, 0.15) is 17.3 Å². The number of hydrogen-bond acceptors (Lipinski definition) is 3. The molecule has 0 saturated carbocycles. The molecule has 0 N–H and O–H groups in total. The molecule has 0 amide bonds. The molecule has 4 aromatic rings. The lowest BCUT2D eigenvalue weighted by Gasteiger charge is -2.10. The molecule has 0 spiro atoms. The van der Waals surface area contributed by atoms with Crippen molar-refractivity contribution < 1.29 is 9.15 Å². The first kappa shape index (κ1) is 17.2. The Hall–Kier alpha value is -3.27. The van der Waals surface area contributed by atoms with Gasteiger partial charge in [-0.25, -0.2) is 4.98 Å². The van der Waals surface area contributed by atoms with Crippen molar-refractivity contribution in [2.75, 3.05) is 6.61 Å². The minimum absolute atomic E-state index is 0.665. The molecule has 4 rings (SSSR count). The molecule has 136 valence electrons. The number of benzene rings is 2. The number of hydrogen-bond donors (Lipinski definition) is 0. The largest absolute Gasteiger partial charge is 0.493 e. The lowest BCUT2D eigenvalue weighted by molar-refractivity contribution is 0.300. The lowest BCUT2D eigenvalue weighted by Crippen LogP contribution is -2.06. The summed E-state index contributed by atoms with van der Waals surface area (Å²) in [5.41, 5.74) is 3.29. The summed E-state index contributed by atoms with van der Waals surface area (Å²) in [6, 6.07) is 20.1. The monoisotopic (exact) mass is 358 g/mol. The van der Waals surface area contributed by atoms with E-state index in [2.05, 4.69) is 23.6 Å². The van der Waals surface area contributed by atoms with Crippen LogP contribution >= 0.6 is 0 Å². The third-order valence-electron chi connectivity index (χ3n) is 4.50. The number of imidazole rings is 1. The van der Waals surface area contributed by atoms with Gasteiger partial charge >= 0.3 is 0 Å². The molecule has 4 nitrogen and oxygen atoms in total. The molecular formula is C23H22N2O2. The van der Waals surface area contributed by atoms with Gasteiger partial charge in [0, 0.05) is 6.54 Å². The summed E-state index contributed by atoms with van der Waals surface area (Å²) >= 11 is 0. The molecule has 4 heteroatoms. The Bertz CT molecular complexity index is 1050. The predicted octanol–water partition coefficient (Wildman–Crippen LogP) is 5.58. The zero-order valence-corrected chi connectivity index (χ0v) is 15.3. The fourth-order valence-corrected chi connectivity index (χ4v) is 3.12. The van der Waals surface area contributed by atoms with E-state index in [1.54, 1.807) is 6.26 Å². The van der Waals surface area contributed by atoms with Gasteiger partial charge in [0.25, 0.3) is 0 Å². The molecule has 0 unspecified atom stereocenters. The van der Waals surface area contributed by atoms with Crippen LogP contribution in [0.25, 0.3) is 23.2 Å². The van der Waals surface area contributed by atoms with Gasteiger partial charge in [0.2, 0.25) is 0 Å². The Morgan fingerprint density at radius 2 is 1.85 bits per heavy atom. The Kier molecular flexibility index (Phi) is 5.06. The second-order valence-electron chi connectivity index (χ2n) is 6.43. The first-order chi connectivity index (χ1) is 13.3. The smallest absolute Gasteiger partial charge is 0.133 e. The summed E-state index contributed by atoms with van der Waals surface area (Å²) in [5.74, 6) is 2.69. The van der Waals surface area contributed by atoms with Crippen molar-refractivity contribution >= 4 is 23.2 Å². The molecule has 0 aliphatic heterocycles. The SMILES string of the molecule is Cc1ccccc1OCCCn1c(/C=C/c2ccco2)nc2ccccc21. The minimum atomic E-state index is 0.665. The summed E-state index contributed by atoms with van der Waals surface area (Å²) in [7, 11) is 0. The maximum Gasteiger partial charge on any atom is 0.133 e. The van der Waals surface area contributed by atoms with E-state index in [4.69, 9.17) is 14.1 Å². The molecule has 27 heavy (non-hydrogen) atoms. The molecule has 0 aliphatic carbocycles. The molecule has 0 saturated heterocycles. The van der Waals surface area contributed by atoms with E-state index >= 15 is 0 Å². The average molecular weight is 358 g/mol. The highest BCUT2D eigenvalue weighted by atomic mass is 16.5. The Morgan fingerprint density at radius 1 is 1.00 bits per heavy atom. The highest BCUT2D eigenvalue weighted by Gasteiger charge is 2.08. The quantitative estimate of drug-likeness (QED) is 0.405. The highest BCUT2D eigenvalue weighted by molar-refractivity contribution is 5.79. The molecule has 2 heterocycles. The highest BCUT2D eigenvalue weighted by Crippen LogP contribution is 2.20. The Morgan fingerprint density at radius 3 is 2.70 bits per heavy atom. The number of para-hydroxylation sites is 3. The van der Waals surface area contributed by atoms with Crippen LogP contribution in [0.15, 0.2) is 71.3 Å². The van der Waals surface area contributed by atoms with Gasteiger partial charge < -0.3 is 13.7 Å². The number of fused-ring (bicyclic) bond motifs is 1. The number of ether oxygens (including phenoxy) is 1. The fourth-order valence-electron chi connectivity index (χ4n) is 3.12. The van der Waals surface area contributed by atoms with Crippen molar-refractivity contribution in [3.63, 3.8) is 0 Å². The molecule has 0 aliphatic rings. The zero-order chi connectivity index (χ0) is 18.5. The van der Waals surface area contributed by atoms with Gasteiger partial charge in [-0.05, 0) is 61.4 Å². The van der Waals surface area contributed by atoms with Crippen LogP contribution in [0.1, 0.15) is 23.6 Å². The van der Waals surface area contributed by atoms with Gasteiger partial charge in [-0.15, -0.1) is 0 Å². The number of nitrogens with zero attached hydrogens (tertiary/aromatic N) is 2. The van der Waals surface area contributed by atoms with Crippen molar-refractivity contribution in [3.05, 3.63) is 84.1 Å². The van der Waals surface area contributed by atoms with E-state index < -0.39 is 0 Å². The summed E-state index contributed by atoms with van der Waals surface area (Å²) in [6.45, 7) is 3.57. The average Bonchev–Trinajstić information content (AvgIpc) is 3.32. The van der Waals surface area contributed by atoms with E-state index in [1.807, 2.05) is 60.7 Å². The summed E-state index contributed by atoms with van der Waals surface area (Å²) in [5, 5.41) is 0. The summed E-state index contributed by atoms with van der Waals surface area (Å²) in [6.07, 6.45) is 6.52. The molecule has 0 bridgehead atoms. The van der Waals surface area contributed by atoms with Gasteiger partial charge in [0.05, 0.1) is 23.9 Å². The first-order valence-corrected chi connectivity index (χ1v) is 9.16. The number of aryl methyl sites for hydroxylation is 2. The van der Waals surface area contributed by atoms with Crippen molar-refractivity contribution in [2.24, 2.45) is 0 Å². The molecule has 0 atom stereocenters. The second-order valence-corrected chi connectivity index (χ2v) is 6.43.